The van der Waals surface area contributed by atoms with Crippen LogP contribution < -0.4 is 5.32 Å². The number of hydrogen-bond donors (Lipinski definition) is 2. The molecule has 2 aliphatic rings. The molecule has 3 atom stereocenters. The summed E-state index contributed by atoms with van der Waals surface area (Å²) in [6, 6.07) is 3.77. The predicted octanol–water partition coefficient (Wildman–Crippen LogP) is 3.86. The van der Waals surface area contributed by atoms with E-state index in [1.807, 2.05) is 6.20 Å². The van der Waals surface area contributed by atoms with Gasteiger partial charge in [0, 0.05) is 54.0 Å². The lowest BCUT2D eigenvalue weighted by Gasteiger charge is -2.40. The number of carbonyl (C=O) groups excluding carboxylic acids is 1. The summed E-state index contributed by atoms with van der Waals surface area (Å²) >= 11 is 1.60. The maximum Gasteiger partial charge on any atom is 0.407 e. The van der Waals surface area contributed by atoms with Crippen molar-refractivity contribution in [3.05, 3.63) is 52.9 Å². The number of ether oxygens (including phenoxy) is 1. The molecular formula is C24H32F2N4O3S. The standard InChI is InChI=1S/C24H32F2N4O3S/c1-24(2,3)33-23(32)27-10-15-8-18(14-34-22(15)19-9-17(25)4-5-20(19)26)29-11-16-12-30(6-7-31)28-21(16)13-29/h4-5,9,12,15,18,22,31H,6-8,10-11,13-14H2,1-3H3,(H,27,32)/t15?,18-,22?/m1/s1. The van der Waals surface area contributed by atoms with E-state index in [1.54, 1.807) is 37.2 Å². The van der Waals surface area contributed by atoms with Crippen molar-refractivity contribution in [3.63, 3.8) is 0 Å². The fourth-order valence-corrected chi connectivity index (χ4v) is 6.27. The number of benzene rings is 1. The highest BCUT2D eigenvalue weighted by molar-refractivity contribution is 7.99. The number of nitrogens with zero attached hydrogens (tertiary/aromatic N) is 3. The van der Waals surface area contributed by atoms with E-state index in [-0.39, 0.29) is 23.8 Å². The van der Waals surface area contributed by atoms with Crippen molar-refractivity contribution in [1.29, 1.82) is 0 Å². The molecule has 186 valence electrons. The smallest absolute Gasteiger partial charge is 0.407 e. The number of carbonyl (C=O) groups is 1. The van der Waals surface area contributed by atoms with Gasteiger partial charge in [0.15, 0.2) is 0 Å². The van der Waals surface area contributed by atoms with Gasteiger partial charge in [-0.05, 0) is 51.3 Å². The summed E-state index contributed by atoms with van der Waals surface area (Å²) < 4.78 is 35.8. The molecule has 0 saturated carbocycles. The molecule has 34 heavy (non-hydrogen) atoms. The van der Waals surface area contributed by atoms with Crippen molar-refractivity contribution in [2.45, 2.75) is 63.7 Å². The molecule has 2 aromatic rings. The molecule has 0 radical (unpaired) electrons. The Hall–Kier alpha value is -2.17. The number of halogens is 2. The maximum atomic E-state index is 14.7. The molecule has 4 rings (SSSR count). The van der Waals surface area contributed by atoms with Crippen LogP contribution in [0.4, 0.5) is 13.6 Å². The number of nitrogens with one attached hydrogen (secondary N) is 1. The highest BCUT2D eigenvalue weighted by Gasteiger charge is 2.38. The summed E-state index contributed by atoms with van der Waals surface area (Å²) in [5.74, 6) is -0.235. The molecule has 2 aliphatic heterocycles. The van der Waals surface area contributed by atoms with Gasteiger partial charge in [0.1, 0.15) is 17.2 Å². The average Bonchev–Trinajstić information content (AvgIpc) is 3.32. The molecule has 1 saturated heterocycles. The Morgan fingerprint density at radius 2 is 2.12 bits per heavy atom. The van der Waals surface area contributed by atoms with Gasteiger partial charge in [-0.2, -0.15) is 16.9 Å². The van der Waals surface area contributed by atoms with E-state index >= 15 is 0 Å². The van der Waals surface area contributed by atoms with Crippen molar-refractivity contribution in [1.82, 2.24) is 20.0 Å². The average molecular weight is 495 g/mol. The van der Waals surface area contributed by atoms with Gasteiger partial charge in [-0.25, -0.2) is 13.6 Å². The molecule has 3 heterocycles. The van der Waals surface area contributed by atoms with Crippen LogP contribution in [-0.4, -0.2) is 56.4 Å². The van der Waals surface area contributed by atoms with E-state index in [2.05, 4.69) is 15.3 Å². The largest absolute Gasteiger partial charge is 0.444 e. The van der Waals surface area contributed by atoms with Gasteiger partial charge in [-0.3, -0.25) is 9.58 Å². The first-order valence-corrected chi connectivity index (χ1v) is 12.6. The number of aromatic nitrogens is 2. The Morgan fingerprint density at radius 3 is 2.82 bits per heavy atom. The van der Waals surface area contributed by atoms with E-state index in [1.165, 1.54) is 12.1 Å². The van der Waals surface area contributed by atoms with Crippen LogP contribution in [0.3, 0.4) is 0 Å². The van der Waals surface area contributed by atoms with Gasteiger partial charge in [-0.15, -0.1) is 0 Å². The summed E-state index contributed by atoms with van der Waals surface area (Å²) in [7, 11) is 0. The van der Waals surface area contributed by atoms with Gasteiger partial charge in [0.2, 0.25) is 0 Å². The van der Waals surface area contributed by atoms with Crippen molar-refractivity contribution < 1.29 is 23.4 Å². The lowest BCUT2D eigenvalue weighted by Crippen LogP contribution is -2.43. The lowest BCUT2D eigenvalue weighted by atomic mass is 9.90. The number of hydrogen-bond acceptors (Lipinski definition) is 6. The minimum atomic E-state index is -0.617. The second-order valence-electron chi connectivity index (χ2n) is 9.94. The van der Waals surface area contributed by atoms with E-state index in [4.69, 9.17) is 9.84 Å². The third-order valence-corrected chi connectivity index (χ3v) is 7.71. The Kier molecular flexibility index (Phi) is 7.49. The second kappa shape index (κ2) is 10.2. The third-order valence-electron chi connectivity index (χ3n) is 6.14. The molecule has 0 bridgehead atoms. The highest BCUT2D eigenvalue weighted by Crippen LogP contribution is 2.45. The lowest BCUT2D eigenvalue weighted by molar-refractivity contribution is 0.0513. The fourth-order valence-electron chi connectivity index (χ4n) is 4.65. The molecule has 0 spiro atoms. The minimum absolute atomic E-state index is 0.0495. The first-order chi connectivity index (χ1) is 16.1. The van der Waals surface area contributed by atoms with Crippen molar-refractivity contribution >= 4 is 17.9 Å². The van der Waals surface area contributed by atoms with Crippen LogP contribution in [0.25, 0.3) is 0 Å². The van der Waals surface area contributed by atoms with Crippen LogP contribution in [0.5, 0.6) is 0 Å². The number of aliphatic hydroxyl groups is 1. The van der Waals surface area contributed by atoms with E-state index < -0.39 is 23.3 Å². The summed E-state index contributed by atoms with van der Waals surface area (Å²) in [6.45, 7) is 7.70. The summed E-state index contributed by atoms with van der Waals surface area (Å²) in [6.07, 6.45) is 2.19. The van der Waals surface area contributed by atoms with Crippen LogP contribution in [0, 0.1) is 17.6 Å². The molecule has 1 fully saturated rings. The number of rotatable bonds is 6. The number of fused-ring (bicyclic) bond motifs is 1. The van der Waals surface area contributed by atoms with E-state index in [9.17, 15) is 13.6 Å². The first-order valence-electron chi connectivity index (χ1n) is 11.6. The van der Waals surface area contributed by atoms with Crippen LogP contribution in [-0.2, 0) is 24.4 Å². The van der Waals surface area contributed by atoms with Crippen LogP contribution in [0.15, 0.2) is 24.4 Å². The fraction of sp³-hybridized carbons (Fsp3) is 0.583. The van der Waals surface area contributed by atoms with Crippen LogP contribution in [0.1, 0.15) is 49.3 Å². The van der Waals surface area contributed by atoms with E-state index in [0.29, 0.717) is 25.2 Å². The van der Waals surface area contributed by atoms with Crippen molar-refractivity contribution in [3.8, 4) is 0 Å². The summed E-state index contributed by atoms with van der Waals surface area (Å²) in [5.41, 5.74) is 1.89. The Bertz CT molecular complexity index is 1000. The molecule has 2 N–H and O–H groups in total. The Labute approximate surface area is 202 Å². The maximum absolute atomic E-state index is 14.7. The molecule has 1 aromatic heterocycles. The van der Waals surface area contributed by atoms with E-state index in [0.717, 1.165) is 36.0 Å². The zero-order valence-electron chi connectivity index (χ0n) is 19.8. The monoisotopic (exact) mass is 494 g/mol. The molecule has 7 nitrogen and oxygen atoms in total. The number of amides is 1. The minimum Gasteiger partial charge on any atom is -0.444 e. The Balaban J connectivity index is 1.47. The molecule has 1 amide bonds. The SMILES string of the molecule is CC(C)(C)OC(=O)NCC1C[C@@H](N2Cc3cn(CCO)nc3C2)CSC1c1cc(F)ccc1F. The predicted molar refractivity (Wildman–Crippen MR) is 126 cm³/mol. The van der Waals surface area contributed by atoms with Crippen LogP contribution >= 0.6 is 11.8 Å². The molecular weight excluding hydrogens is 462 g/mol. The molecule has 10 heteroatoms. The Morgan fingerprint density at radius 1 is 1.32 bits per heavy atom. The van der Waals surface area contributed by atoms with Gasteiger partial charge >= 0.3 is 6.09 Å². The number of thioether (sulfide) groups is 1. The molecule has 2 unspecified atom stereocenters. The third kappa shape index (κ3) is 5.90. The topological polar surface area (TPSA) is 79.6 Å². The first kappa shape index (κ1) is 24.9. The second-order valence-corrected chi connectivity index (χ2v) is 11.1. The quantitative estimate of drug-likeness (QED) is 0.635. The zero-order valence-corrected chi connectivity index (χ0v) is 20.6. The van der Waals surface area contributed by atoms with Crippen molar-refractivity contribution in [2.75, 3.05) is 18.9 Å². The number of aliphatic hydroxyl groups excluding tert-OH is 1. The van der Waals surface area contributed by atoms with Gasteiger partial charge in [-0.1, -0.05) is 0 Å². The van der Waals surface area contributed by atoms with Gasteiger partial charge < -0.3 is 15.2 Å². The summed E-state index contributed by atoms with van der Waals surface area (Å²) in [4.78, 5) is 14.6. The van der Waals surface area contributed by atoms with Gasteiger partial charge in [0.05, 0.1) is 18.8 Å². The normalized spacial score (nSPS) is 23.1. The van der Waals surface area contributed by atoms with Crippen molar-refractivity contribution in [2.24, 2.45) is 5.92 Å². The van der Waals surface area contributed by atoms with Gasteiger partial charge in [0.25, 0.3) is 0 Å². The zero-order chi connectivity index (χ0) is 24.5. The molecule has 1 aromatic carbocycles. The highest BCUT2D eigenvalue weighted by atomic mass is 32.2. The molecule has 0 aliphatic carbocycles. The van der Waals surface area contributed by atoms with Crippen LogP contribution in [0.2, 0.25) is 0 Å². The number of alkyl carbamates (subject to hydrolysis) is 1. The summed E-state index contributed by atoms with van der Waals surface area (Å²) in [5, 5.41) is 16.3.